The lowest BCUT2D eigenvalue weighted by molar-refractivity contribution is 0.228. The van der Waals surface area contributed by atoms with Gasteiger partial charge in [0.25, 0.3) is 0 Å². The number of fused-ring (bicyclic) bond motifs is 1. The van der Waals surface area contributed by atoms with Crippen LogP contribution < -0.4 is 4.72 Å². The molecule has 2 N–H and O–H groups in total. The second-order valence-electron chi connectivity index (χ2n) is 5.01. The highest BCUT2D eigenvalue weighted by molar-refractivity contribution is 7.89. The Morgan fingerprint density at radius 1 is 1.30 bits per heavy atom. The predicted octanol–water partition coefficient (Wildman–Crippen LogP) is 1.53. The Morgan fingerprint density at radius 2 is 2.05 bits per heavy atom. The molecule has 1 aromatic heterocycles. The van der Waals surface area contributed by atoms with Crippen molar-refractivity contribution in [1.82, 2.24) is 9.71 Å². The molecule has 6 heteroatoms. The van der Waals surface area contributed by atoms with Gasteiger partial charge in [0, 0.05) is 29.2 Å². The van der Waals surface area contributed by atoms with Gasteiger partial charge in [-0.3, -0.25) is 4.98 Å². The van der Waals surface area contributed by atoms with Crippen molar-refractivity contribution in [2.24, 2.45) is 5.92 Å². The third kappa shape index (κ3) is 2.98. The standard InChI is InChI=1S/C14H18N2O3S/c1-10(2)13(9-17)16-20(18,19)14-5-3-4-11-8-15-7-6-12(11)14/h3-8,10,13,16-17H,9H2,1-2H3/t13-/m1/s1. The normalized spacial score (nSPS) is 13.8. The number of aromatic nitrogens is 1. The van der Waals surface area contributed by atoms with Gasteiger partial charge >= 0.3 is 0 Å². The van der Waals surface area contributed by atoms with Crippen LogP contribution in [0.3, 0.4) is 0 Å². The molecule has 0 aliphatic carbocycles. The van der Waals surface area contributed by atoms with Crippen LogP contribution in [0.4, 0.5) is 0 Å². The van der Waals surface area contributed by atoms with E-state index in [0.29, 0.717) is 5.39 Å². The molecule has 1 aromatic carbocycles. The van der Waals surface area contributed by atoms with E-state index in [9.17, 15) is 13.5 Å². The third-order valence-corrected chi connectivity index (χ3v) is 4.79. The van der Waals surface area contributed by atoms with Crippen molar-refractivity contribution < 1.29 is 13.5 Å². The Balaban J connectivity index is 2.47. The molecule has 1 atom stereocenters. The van der Waals surface area contributed by atoms with Crippen LogP contribution in [-0.4, -0.2) is 31.2 Å². The third-order valence-electron chi connectivity index (χ3n) is 3.24. The molecule has 0 aliphatic heterocycles. The van der Waals surface area contributed by atoms with E-state index in [1.807, 2.05) is 19.9 Å². The van der Waals surface area contributed by atoms with Crippen LogP contribution in [0, 0.1) is 5.92 Å². The lowest BCUT2D eigenvalue weighted by Gasteiger charge is -2.20. The summed E-state index contributed by atoms with van der Waals surface area (Å²) in [6, 6.07) is 6.22. The van der Waals surface area contributed by atoms with Crippen LogP contribution in [-0.2, 0) is 10.0 Å². The molecule has 0 spiro atoms. The Hall–Kier alpha value is -1.50. The molecule has 5 nitrogen and oxygen atoms in total. The molecule has 0 unspecified atom stereocenters. The number of pyridine rings is 1. The van der Waals surface area contributed by atoms with Gasteiger partial charge in [-0.2, -0.15) is 0 Å². The van der Waals surface area contributed by atoms with Gasteiger partial charge in [-0.15, -0.1) is 0 Å². The first kappa shape index (κ1) is 14.9. The molecule has 0 saturated carbocycles. The Morgan fingerprint density at radius 3 is 2.70 bits per heavy atom. The minimum atomic E-state index is -3.68. The van der Waals surface area contributed by atoms with Crippen molar-refractivity contribution in [2.75, 3.05) is 6.61 Å². The molecule has 0 aliphatic rings. The van der Waals surface area contributed by atoms with Crippen molar-refractivity contribution >= 4 is 20.8 Å². The number of hydrogen-bond acceptors (Lipinski definition) is 4. The lowest BCUT2D eigenvalue weighted by atomic mass is 10.1. The highest BCUT2D eigenvalue weighted by Crippen LogP contribution is 2.22. The first-order chi connectivity index (χ1) is 9.45. The number of benzene rings is 1. The van der Waals surface area contributed by atoms with Gasteiger partial charge in [-0.25, -0.2) is 13.1 Å². The molecule has 0 bridgehead atoms. The first-order valence-corrected chi connectivity index (χ1v) is 7.90. The summed E-state index contributed by atoms with van der Waals surface area (Å²) in [6.07, 6.45) is 3.19. The molecule has 0 saturated heterocycles. The van der Waals surface area contributed by atoms with Crippen LogP contribution in [0.15, 0.2) is 41.6 Å². The summed E-state index contributed by atoms with van der Waals surface area (Å²) in [5.41, 5.74) is 0. The molecular formula is C14H18N2O3S. The van der Waals surface area contributed by atoms with Crippen LogP contribution in [0.5, 0.6) is 0 Å². The SMILES string of the molecule is CC(C)[C@@H](CO)NS(=O)(=O)c1cccc2cnccc12. The van der Waals surface area contributed by atoms with Crippen molar-refractivity contribution in [1.29, 1.82) is 0 Å². The molecule has 0 radical (unpaired) electrons. The zero-order chi connectivity index (χ0) is 14.8. The molecule has 20 heavy (non-hydrogen) atoms. The molecule has 0 fully saturated rings. The van der Waals surface area contributed by atoms with E-state index < -0.39 is 16.1 Å². The van der Waals surface area contributed by atoms with E-state index in [2.05, 4.69) is 9.71 Å². The van der Waals surface area contributed by atoms with E-state index in [-0.39, 0.29) is 17.4 Å². The molecule has 1 heterocycles. The van der Waals surface area contributed by atoms with Crippen molar-refractivity contribution in [3.63, 3.8) is 0 Å². The Labute approximate surface area is 118 Å². The maximum Gasteiger partial charge on any atom is 0.241 e. The molecule has 2 rings (SSSR count). The fraction of sp³-hybridized carbons (Fsp3) is 0.357. The maximum absolute atomic E-state index is 12.5. The van der Waals surface area contributed by atoms with Gasteiger partial charge < -0.3 is 5.11 Å². The minimum absolute atomic E-state index is 0.00594. The molecule has 0 amide bonds. The summed E-state index contributed by atoms with van der Waals surface area (Å²) in [5.74, 6) is 0.00594. The first-order valence-electron chi connectivity index (χ1n) is 6.41. The van der Waals surface area contributed by atoms with E-state index in [0.717, 1.165) is 5.39 Å². The quantitative estimate of drug-likeness (QED) is 0.876. The number of sulfonamides is 1. The van der Waals surface area contributed by atoms with Crippen LogP contribution in [0.25, 0.3) is 10.8 Å². The van der Waals surface area contributed by atoms with E-state index in [1.54, 1.807) is 30.6 Å². The van der Waals surface area contributed by atoms with E-state index >= 15 is 0 Å². The number of rotatable bonds is 5. The number of nitrogens with one attached hydrogen (secondary N) is 1. The predicted molar refractivity (Wildman–Crippen MR) is 77.8 cm³/mol. The summed E-state index contributed by atoms with van der Waals surface area (Å²) >= 11 is 0. The summed E-state index contributed by atoms with van der Waals surface area (Å²) < 4.78 is 27.5. The van der Waals surface area contributed by atoms with Gasteiger partial charge in [0.15, 0.2) is 0 Å². The second-order valence-corrected chi connectivity index (χ2v) is 6.69. The highest BCUT2D eigenvalue weighted by Gasteiger charge is 2.23. The van der Waals surface area contributed by atoms with Gasteiger partial charge in [-0.1, -0.05) is 26.0 Å². The van der Waals surface area contributed by atoms with Gasteiger partial charge in [-0.05, 0) is 18.1 Å². The number of nitrogens with zero attached hydrogens (tertiary/aromatic N) is 1. The van der Waals surface area contributed by atoms with Gasteiger partial charge in [0.1, 0.15) is 0 Å². The fourth-order valence-corrected chi connectivity index (χ4v) is 3.58. The van der Waals surface area contributed by atoms with Gasteiger partial charge in [0.05, 0.1) is 11.5 Å². The van der Waals surface area contributed by atoms with Crippen molar-refractivity contribution in [2.45, 2.75) is 24.8 Å². The van der Waals surface area contributed by atoms with Crippen LogP contribution in [0.2, 0.25) is 0 Å². The topological polar surface area (TPSA) is 79.3 Å². The van der Waals surface area contributed by atoms with Crippen LogP contribution in [0.1, 0.15) is 13.8 Å². The maximum atomic E-state index is 12.5. The zero-order valence-electron chi connectivity index (χ0n) is 11.4. The number of hydrogen-bond donors (Lipinski definition) is 2. The smallest absolute Gasteiger partial charge is 0.241 e. The zero-order valence-corrected chi connectivity index (χ0v) is 12.3. The summed E-state index contributed by atoms with van der Waals surface area (Å²) in [4.78, 5) is 4.19. The monoisotopic (exact) mass is 294 g/mol. The van der Waals surface area contributed by atoms with Crippen LogP contribution >= 0.6 is 0 Å². The molecule has 108 valence electrons. The number of aliphatic hydroxyl groups is 1. The second kappa shape index (κ2) is 5.87. The highest BCUT2D eigenvalue weighted by atomic mass is 32.2. The van der Waals surface area contributed by atoms with Crippen molar-refractivity contribution in [3.05, 3.63) is 36.7 Å². The van der Waals surface area contributed by atoms with E-state index in [4.69, 9.17) is 0 Å². The molecular weight excluding hydrogens is 276 g/mol. The molecule has 2 aromatic rings. The summed E-state index contributed by atoms with van der Waals surface area (Å²) in [6.45, 7) is 3.48. The fourth-order valence-electron chi connectivity index (χ4n) is 1.97. The van der Waals surface area contributed by atoms with Gasteiger partial charge in [0.2, 0.25) is 10.0 Å². The van der Waals surface area contributed by atoms with Crippen molar-refractivity contribution in [3.8, 4) is 0 Å². The minimum Gasteiger partial charge on any atom is -0.395 e. The largest absolute Gasteiger partial charge is 0.395 e. The van der Waals surface area contributed by atoms with E-state index in [1.165, 1.54) is 0 Å². The number of aliphatic hydroxyl groups excluding tert-OH is 1. The summed E-state index contributed by atoms with van der Waals surface area (Å²) in [5, 5.41) is 10.7. The Bertz CT molecular complexity index is 693. The average molecular weight is 294 g/mol. The Kier molecular flexibility index (Phi) is 4.37. The lowest BCUT2D eigenvalue weighted by Crippen LogP contribution is -2.41. The average Bonchev–Trinajstić information content (AvgIpc) is 2.43. The summed E-state index contributed by atoms with van der Waals surface area (Å²) in [7, 11) is -3.68.